The monoisotopic (exact) mass is 247 g/mol. The van der Waals surface area contributed by atoms with Gasteiger partial charge in [-0.3, -0.25) is 0 Å². The van der Waals surface area contributed by atoms with Crippen molar-refractivity contribution in [3.05, 3.63) is 29.8 Å². The van der Waals surface area contributed by atoms with Gasteiger partial charge in [0.15, 0.2) is 0 Å². The highest BCUT2D eigenvalue weighted by molar-refractivity contribution is 5.29. The molecule has 1 unspecified atom stereocenters. The highest BCUT2D eigenvalue weighted by Gasteiger charge is 2.44. The number of methoxy groups -OCH3 is 1. The standard InChI is InChI=1S/C16H25NO/c1-4-10-17-15(16(2)8-9-16)12-13-6-5-7-14(11-13)18-3/h5-7,11,15,17H,4,8-10,12H2,1-3H3. The molecule has 1 atom stereocenters. The van der Waals surface area contributed by atoms with Crippen LogP contribution >= 0.6 is 0 Å². The van der Waals surface area contributed by atoms with E-state index >= 15 is 0 Å². The minimum atomic E-state index is 0.512. The molecule has 0 radical (unpaired) electrons. The van der Waals surface area contributed by atoms with Crippen LogP contribution in [-0.4, -0.2) is 19.7 Å². The summed E-state index contributed by atoms with van der Waals surface area (Å²) in [6.45, 7) is 5.75. The number of benzene rings is 1. The second kappa shape index (κ2) is 5.75. The van der Waals surface area contributed by atoms with Gasteiger partial charge in [0.05, 0.1) is 7.11 Å². The minimum absolute atomic E-state index is 0.512. The van der Waals surface area contributed by atoms with Crippen molar-refractivity contribution in [1.29, 1.82) is 0 Å². The van der Waals surface area contributed by atoms with Gasteiger partial charge in [-0.15, -0.1) is 0 Å². The molecule has 1 aliphatic carbocycles. The lowest BCUT2D eigenvalue weighted by molar-refractivity contribution is 0.353. The zero-order valence-electron chi connectivity index (χ0n) is 11.8. The Hall–Kier alpha value is -1.02. The molecule has 1 saturated carbocycles. The Kier molecular flexibility index (Phi) is 4.28. The van der Waals surface area contributed by atoms with Gasteiger partial charge in [-0.05, 0) is 55.3 Å². The van der Waals surface area contributed by atoms with Gasteiger partial charge in [0, 0.05) is 6.04 Å². The van der Waals surface area contributed by atoms with E-state index in [4.69, 9.17) is 4.74 Å². The van der Waals surface area contributed by atoms with Gasteiger partial charge in [0.2, 0.25) is 0 Å². The summed E-state index contributed by atoms with van der Waals surface area (Å²) in [7, 11) is 1.73. The molecular formula is C16H25NO. The number of ether oxygens (including phenoxy) is 1. The molecule has 0 amide bonds. The minimum Gasteiger partial charge on any atom is -0.497 e. The average Bonchev–Trinajstić information content (AvgIpc) is 3.14. The topological polar surface area (TPSA) is 21.3 Å². The Balaban J connectivity index is 2.03. The molecule has 1 fully saturated rings. The fourth-order valence-corrected chi connectivity index (χ4v) is 2.46. The molecule has 1 N–H and O–H groups in total. The molecule has 1 aromatic carbocycles. The van der Waals surface area contributed by atoms with Crippen LogP contribution < -0.4 is 10.1 Å². The Morgan fingerprint density at radius 3 is 2.78 bits per heavy atom. The lowest BCUT2D eigenvalue weighted by atomic mass is 9.92. The summed E-state index contributed by atoms with van der Waals surface area (Å²) in [6, 6.07) is 9.06. The van der Waals surface area contributed by atoms with Crippen molar-refractivity contribution >= 4 is 0 Å². The van der Waals surface area contributed by atoms with Crippen molar-refractivity contribution in [2.24, 2.45) is 5.41 Å². The van der Waals surface area contributed by atoms with Crippen molar-refractivity contribution in [3.8, 4) is 5.75 Å². The first-order chi connectivity index (χ1) is 8.68. The summed E-state index contributed by atoms with van der Waals surface area (Å²) in [5.41, 5.74) is 1.88. The largest absolute Gasteiger partial charge is 0.497 e. The SMILES string of the molecule is CCCNC(Cc1cccc(OC)c1)C1(C)CC1. The Morgan fingerprint density at radius 1 is 1.39 bits per heavy atom. The molecular weight excluding hydrogens is 222 g/mol. The van der Waals surface area contributed by atoms with E-state index in [1.54, 1.807) is 7.11 Å². The molecule has 0 aliphatic heterocycles. The van der Waals surface area contributed by atoms with Crippen LogP contribution in [0, 0.1) is 5.41 Å². The van der Waals surface area contributed by atoms with Crippen LogP contribution in [0.25, 0.3) is 0 Å². The third-order valence-electron chi connectivity index (χ3n) is 4.09. The third-order valence-corrected chi connectivity index (χ3v) is 4.09. The summed E-state index contributed by atoms with van der Waals surface area (Å²) in [6.07, 6.45) is 5.02. The van der Waals surface area contributed by atoms with Crippen LogP contribution in [0.3, 0.4) is 0 Å². The number of hydrogen-bond acceptors (Lipinski definition) is 2. The van der Waals surface area contributed by atoms with Crippen LogP contribution in [0.15, 0.2) is 24.3 Å². The van der Waals surface area contributed by atoms with Gasteiger partial charge in [0.25, 0.3) is 0 Å². The van der Waals surface area contributed by atoms with Crippen molar-refractivity contribution in [3.63, 3.8) is 0 Å². The van der Waals surface area contributed by atoms with Gasteiger partial charge in [-0.25, -0.2) is 0 Å². The van der Waals surface area contributed by atoms with Crippen molar-refractivity contribution in [2.45, 2.75) is 45.6 Å². The van der Waals surface area contributed by atoms with E-state index < -0.39 is 0 Å². The van der Waals surface area contributed by atoms with Crippen molar-refractivity contribution in [1.82, 2.24) is 5.32 Å². The molecule has 0 saturated heterocycles. The van der Waals surface area contributed by atoms with Crippen molar-refractivity contribution in [2.75, 3.05) is 13.7 Å². The number of hydrogen-bond donors (Lipinski definition) is 1. The summed E-state index contributed by atoms with van der Waals surface area (Å²) in [4.78, 5) is 0. The highest BCUT2D eigenvalue weighted by Crippen LogP contribution is 2.49. The van der Waals surface area contributed by atoms with E-state index in [1.807, 2.05) is 6.07 Å². The highest BCUT2D eigenvalue weighted by atomic mass is 16.5. The first-order valence-electron chi connectivity index (χ1n) is 7.04. The molecule has 2 heteroatoms. The number of nitrogens with one attached hydrogen (secondary N) is 1. The zero-order valence-corrected chi connectivity index (χ0v) is 11.8. The second-order valence-corrected chi connectivity index (χ2v) is 5.72. The van der Waals surface area contributed by atoms with Crippen LogP contribution in [0.1, 0.15) is 38.7 Å². The third kappa shape index (κ3) is 3.26. The quantitative estimate of drug-likeness (QED) is 0.797. The average molecular weight is 247 g/mol. The van der Waals surface area contributed by atoms with Gasteiger partial charge < -0.3 is 10.1 Å². The molecule has 1 aliphatic rings. The normalized spacial score (nSPS) is 18.4. The fraction of sp³-hybridized carbons (Fsp3) is 0.625. The molecule has 100 valence electrons. The first kappa shape index (κ1) is 13.4. The maximum Gasteiger partial charge on any atom is 0.119 e. The van der Waals surface area contributed by atoms with E-state index in [1.165, 1.54) is 24.8 Å². The second-order valence-electron chi connectivity index (χ2n) is 5.72. The van der Waals surface area contributed by atoms with E-state index in [0.717, 1.165) is 18.7 Å². The molecule has 0 bridgehead atoms. The maximum absolute atomic E-state index is 5.30. The molecule has 0 aromatic heterocycles. The van der Waals surface area contributed by atoms with E-state index in [2.05, 4.69) is 37.4 Å². The Morgan fingerprint density at radius 2 is 2.17 bits per heavy atom. The Bertz CT molecular complexity index is 384. The lowest BCUT2D eigenvalue weighted by Gasteiger charge is -2.25. The van der Waals surface area contributed by atoms with Gasteiger partial charge in [-0.1, -0.05) is 26.0 Å². The number of rotatable bonds is 7. The molecule has 2 rings (SSSR count). The van der Waals surface area contributed by atoms with Crippen LogP contribution in [0.5, 0.6) is 5.75 Å². The first-order valence-corrected chi connectivity index (χ1v) is 7.04. The van der Waals surface area contributed by atoms with E-state index in [0.29, 0.717) is 11.5 Å². The zero-order chi connectivity index (χ0) is 13.0. The van der Waals surface area contributed by atoms with Crippen molar-refractivity contribution < 1.29 is 4.74 Å². The maximum atomic E-state index is 5.30. The molecule has 0 spiro atoms. The summed E-state index contributed by atoms with van der Waals surface area (Å²) >= 11 is 0. The predicted molar refractivity (Wildman–Crippen MR) is 76.1 cm³/mol. The summed E-state index contributed by atoms with van der Waals surface area (Å²) in [5.74, 6) is 0.961. The molecule has 2 nitrogen and oxygen atoms in total. The predicted octanol–water partition coefficient (Wildman–Crippen LogP) is 3.41. The van der Waals surface area contributed by atoms with Crippen LogP contribution in [-0.2, 0) is 6.42 Å². The van der Waals surface area contributed by atoms with Crippen LogP contribution in [0.2, 0.25) is 0 Å². The molecule has 0 heterocycles. The Labute approximate surface area is 111 Å². The molecule has 18 heavy (non-hydrogen) atoms. The van der Waals surface area contributed by atoms with Gasteiger partial charge in [-0.2, -0.15) is 0 Å². The lowest BCUT2D eigenvalue weighted by Crippen LogP contribution is -2.38. The van der Waals surface area contributed by atoms with E-state index in [-0.39, 0.29) is 0 Å². The van der Waals surface area contributed by atoms with Gasteiger partial charge in [0.1, 0.15) is 5.75 Å². The molecule has 1 aromatic rings. The van der Waals surface area contributed by atoms with Gasteiger partial charge >= 0.3 is 0 Å². The summed E-state index contributed by atoms with van der Waals surface area (Å²) in [5, 5.41) is 3.72. The van der Waals surface area contributed by atoms with E-state index in [9.17, 15) is 0 Å². The fourth-order valence-electron chi connectivity index (χ4n) is 2.46. The smallest absolute Gasteiger partial charge is 0.119 e. The van der Waals surface area contributed by atoms with Crippen LogP contribution in [0.4, 0.5) is 0 Å². The summed E-state index contributed by atoms with van der Waals surface area (Å²) < 4.78 is 5.30.